The highest BCUT2D eigenvalue weighted by atomic mass is 16.2. The summed E-state index contributed by atoms with van der Waals surface area (Å²) in [6, 6.07) is 0. The van der Waals surface area contributed by atoms with Gasteiger partial charge in [-0.05, 0) is 13.3 Å². The number of rotatable bonds is 0. The van der Waals surface area contributed by atoms with Crippen LogP contribution in [0.4, 0.5) is 0 Å². The Morgan fingerprint density at radius 2 is 2.10 bits per heavy atom. The van der Waals surface area contributed by atoms with Crippen LogP contribution in [0.25, 0.3) is 0 Å². The summed E-state index contributed by atoms with van der Waals surface area (Å²) < 4.78 is 0. The van der Waals surface area contributed by atoms with Gasteiger partial charge in [-0.25, -0.2) is 0 Å². The third kappa shape index (κ3) is 1.99. The van der Waals surface area contributed by atoms with E-state index >= 15 is 0 Å². The first kappa shape index (κ1) is 9.43. The summed E-state index contributed by atoms with van der Waals surface area (Å²) in [5.41, 5.74) is 4.91. The number of carbonyl (C=O) groups excluding carboxylic acids is 1. The minimum Gasteiger partial charge on any atom is -0.354 e. The van der Waals surface area contributed by atoms with Crippen molar-refractivity contribution >= 4 is 5.91 Å². The van der Waals surface area contributed by atoms with E-state index < -0.39 is 5.54 Å². The lowest BCUT2D eigenvalue weighted by Gasteiger charge is -2.10. The Morgan fingerprint density at radius 3 is 2.20 bits per heavy atom. The zero-order valence-electron chi connectivity index (χ0n) is 6.90. The second-order valence-corrected chi connectivity index (χ2v) is 2.42. The Kier molecular flexibility index (Phi) is 3.36. The van der Waals surface area contributed by atoms with E-state index in [1.54, 1.807) is 6.92 Å². The van der Waals surface area contributed by atoms with Crippen molar-refractivity contribution in [2.24, 2.45) is 5.73 Å². The minimum absolute atomic E-state index is 0.0301. The van der Waals surface area contributed by atoms with E-state index in [1.165, 1.54) is 0 Å². The number of carbonyl (C=O) groups is 1. The Morgan fingerprint density at radius 1 is 1.60 bits per heavy atom. The molecular formula is C7H16N2O. The van der Waals surface area contributed by atoms with Crippen LogP contribution in [0.3, 0.4) is 0 Å². The van der Waals surface area contributed by atoms with Crippen LogP contribution in [0, 0.1) is 0 Å². The molecule has 1 rings (SSSR count). The van der Waals surface area contributed by atoms with Crippen LogP contribution in [0.15, 0.2) is 0 Å². The van der Waals surface area contributed by atoms with Gasteiger partial charge in [-0.1, -0.05) is 13.8 Å². The van der Waals surface area contributed by atoms with E-state index in [4.69, 9.17) is 5.73 Å². The highest BCUT2D eigenvalue weighted by molar-refractivity contribution is 5.87. The van der Waals surface area contributed by atoms with Gasteiger partial charge in [0.2, 0.25) is 5.91 Å². The van der Waals surface area contributed by atoms with Crippen molar-refractivity contribution in [2.75, 3.05) is 6.54 Å². The summed E-state index contributed by atoms with van der Waals surface area (Å²) in [7, 11) is 0. The van der Waals surface area contributed by atoms with Crippen LogP contribution in [-0.2, 0) is 4.79 Å². The molecule has 1 aliphatic heterocycles. The molecule has 1 atom stereocenters. The van der Waals surface area contributed by atoms with E-state index in [-0.39, 0.29) is 5.91 Å². The number of nitrogens with one attached hydrogen (secondary N) is 1. The molecule has 0 bridgehead atoms. The van der Waals surface area contributed by atoms with Gasteiger partial charge in [-0.15, -0.1) is 0 Å². The summed E-state index contributed by atoms with van der Waals surface area (Å²) in [5.74, 6) is -0.0301. The lowest BCUT2D eigenvalue weighted by Crippen LogP contribution is -2.43. The third-order valence-corrected chi connectivity index (χ3v) is 1.45. The average Bonchev–Trinajstić information content (AvgIpc) is 2.17. The monoisotopic (exact) mass is 144 g/mol. The maximum absolute atomic E-state index is 10.7. The second kappa shape index (κ2) is 3.56. The van der Waals surface area contributed by atoms with Crippen LogP contribution >= 0.6 is 0 Å². The molecule has 3 nitrogen and oxygen atoms in total. The molecule has 0 spiro atoms. The zero-order chi connectivity index (χ0) is 8.20. The van der Waals surface area contributed by atoms with Crippen molar-refractivity contribution in [3.63, 3.8) is 0 Å². The number of hydrogen-bond donors (Lipinski definition) is 2. The first-order valence-electron chi connectivity index (χ1n) is 3.70. The van der Waals surface area contributed by atoms with Crippen molar-refractivity contribution in [1.82, 2.24) is 5.32 Å². The van der Waals surface area contributed by atoms with Gasteiger partial charge in [0.1, 0.15) is 0 Å². The maximum Gasteiger partial charge on any atom is 0.239 e. The Hall–Kier alpha value is -0.570. The molecule has 0 aromatic carbocycles. The fourth-order valence-corrected chi connectivity index (χ4v) is 0.751. The molecule has 3 N–H and O–H groups in total. The first-order valence-corrected chi connectivity index (χ1v) is 3.70. The zero-order valence-corrected chi connectivity index (χ0v) is 6.90. The lowest BCUT2D eigenvalue weighted by molar-refractivity contribution is -0.123. The molecule has 10 heavy (non-hydrogen) atoms. The van der Waals surface area contributed by atoms with Crippen LogP contribution in [0.1, 0.15) is 27.2 Å². The molecular weight excluding hydrogens is 128 g/mol. The molecule has 1 unspecified atom stereocenters. The van der Waals surface area contributed by atoms with Gasteiger partial charge < -0.3 is 11.1 Å². The molecule has 0 radical (unpaired) electrons. The second-order valence-electron chi connectivity index (χ2n) is 2.42. The van der Waals surface area contributed by atoms with Gasteiger partial charge in [0, 0.05) is 6.54 Å². The van der Waals surface area contributed by atoms with E-state index in [1.807, 2.05) is 13.8 Å². The Labute approximate surface area is 62.0 Å². The number of hydrogen-bond acceptors (Lipinski definition) is 2. The van der Waals surface area contributed by atoms with Gasteiger partial charge in [-0.3, -0.25) is 4.79 Å². The van der Waals surface area contributed by atoms with Crippen molar-refractivity contribution in [3.8, 4) is 0 Å². The summed E-state index contributed by atoms with van der Waals surface area (Å²) >= 11 is 0. The summed E-state index contributed by atoms with van der Waals surface area (Å²) in [4.78, 5) is 10.7. The molecule has 1 amide bonds. The summed E-state index contributed by atoms with van der Waals surface area (Å²) in [6.45, 7) is 6.47. The highest BCUT2D eigenvalue weighted by Crippen LogP contribution is 2.09. The Balaban J connectivity index is 0.000000371. The normalized spacial score (nSPS) is 30.6. The fourth-order valence-electron chi connectivity index (χ4n) is 0.751. The largest absolute Gasteiger partial charge is 0.354 e. The Bertz CT molecular complexity index is 121. The fraction of sp³-hybridized carbons (Fsp3) is 0.857. The predicted octanol–water partition coefficient (Wildman–Crippen LogP) is 0.250. The van der Waals surface area contributed by atoms with E-state index in [0.29, 0.717) is 0 Å². The molecule has 0 saturated carbocycles. The SMILES string of the molecule is CC.CC1(N)CCNC1=O. The molecule has 1 fully saturated rings. The van der Waals surface area contributed by atoms with Crippen molar-refractivity contribution in [1.29, 1.82) is 0 Å². The van der Waals surface area contributed by atoms with Crippen molar-refractivity contribution in [2.45, 2.75) is 32.7 Å². The lowest BCUT2D eigenvalue weighted by atomic mass is 10.0. The smallest absolute Gasteiger partial charge is 0.239 e. The van der Waals surface area contributed by atoms with E-state index in [0.717, 1.165) is 13.0 Å². The molecule has 1 heterocycles. The number of nitrogens with two attached hydrogens (primary N) is 1. The van der Waals surface area contributed by atoms with Gasteiger partial charge >= 0.3 is 0 Å². The van der Waals surface area contributed by atoms with Gasteiger partial charge in [0.05, 0.1) is 5.54 Å². The van der Waals surface area contributed by atoms with Crippen LogP contribution < -0.4 is 11.1 Å². The quantitative estimate of drug-likeness (QED) is 0.512. The molecule has 0 aromatic heterocycles. The topological polar surface area (TPSA) is 55.1 Å². The van der Waals surface area contributed by atoms with Gasteiger partial charge in [0.25, 0.3) is 0 Å². The molecule has 1 saturated heterocycles. The molecule has 0 aromatic rings. The van der Waals surface area contributed by atoms with Crippen LogP contribution in [-0.4, -0.2) is 18.0 Å². The summed E-state index contributed by atoms with van der Waals surface area (Å²) in [5, 5.41) is 2.65. The van der Waals surface area contributed by atoms with E-state index in [2.05, 4.69) is 5.32 Å². The van der Waals surface area contributed by atoms with Gasteiger partial charge in [0.15, 0.2) is 0 Å². The predicted molar refractivity (Wildman–Crippen MR) is 41.6 cm³/mol. The minimum atomic E-state index is -0.597. The number of amides is 1. The third-order valence-electron chi connectivity index (χ3n) is 1.45. The maximum atomic E-state index is 10.7. The van der Waals surface area contributed by atoms with E-state index in [9.17, 15) is 4.79 Å². The molecule has 3 heteroatoms. The van der Waals surface area contributed by atoms with Crippen molar-refractivity contribution < 1.29 is 4.79 Å². The molecule has 60 valence electrons. The standard InChI is InChI=1S/C5H10N2O.C2H6/c1-5(6)2-3-7-4(5)8;1-2/h2-3,6H2,1H3,(H,7,8);1-2H3. The van der Waals surface area contributed by atoms with Crippen molar-refractivity contribution in [3.05, 3.63) is 0 Å². The highest BCUT2D eigenvalue weighted by Gasteiger charge is 2.32. The molecule has 0 aliphatic carbocycles. The van der Waals surface area contributed by atoms with Crippen LogP contribution in [0.5, 0.6) is 0 Å². The van der Waals surface area contributed by atoms with Crippen LogP contribution in [0.2, 0.25) is 0 Å². The average molecular weight is 144 g/mol. The summed E-state index contributed by atoms with van der Waals surface area (Å²) in [6.07, 6.45) is 0.756. The first-order chi connectivity index (χ1) is 4.63. The van der Waals surface area contributed by atoms with Gasteiger partial charge in [-0.2, -0.15) is 0 Å². The molecule has 1 aliphatic rings.